The van der Waals surface area contributed by atoms with Crippen LogP contribution in [0.1, 0.15) is 60.3 Å². The van der Waals surface area contributed by atoms with Gasteiger partial charge in [-0.25, -0.2) is 4.79 Å². The molecule has 2 aliphatic carbocycles. The van der Waals surface area contributed by atoms with Gasteiger partial charge in [0.15, 0.2) is 5.78 Å². The average molecular weight is 307 g/mol. The Hall–Kier alpha value is -1.32. The smallest absolute Gasteiger partial charge is 0.408 e. The van der Waals surface area contributed by atoms with E-state index >= 15 is 0 Å². The first-order chi connectivity index (χ1) is 10.00. The number of hydrogen-bond donors (Lipinski definition) is 1. The van der Waals surface area contributed by atoms with Gasteiger partial charge in [0.2, 0.25) is 0 Å². The molecule has 22 heavy (non-hydrogen) atoms. The first-order valence-corrected chi connectivity index (χ1v) is 8.19. The molecule has 0 spiro atoms. The summed E-state index contributed by atoms with van der Waals surface area (Å²) in [7, 11) is 0. The number of ether oxygens (including phenoxy) is 1. The van der Waals surface area contributed by atoms with Crippen LogP contribution in [-0.2, 0) is 9.53 Å². The summed E-state index contributed by atoms with van der Waals surface area (Å²) < 4.78 is 5.28. The van der Waals surface area contributed by atoms with Crippen LogP contribution in [0.4, 0.5) is 4.79 Å². The van der Waals surface area contributed by atoms with Gasteiger partial charge in [0.1, 0.15) is 5.60 Å². The molecule has 4 heteroatoms. The largest absolute Gasteiger partial charge is 0.444 e. The maximum absolute atomic E-state index is 12.3. The van der Waals surface area contributed by atoms with E-state index in [0.717, 1.165) is 12.3 Å². The van der Waals surface area contributed by atoms with Gasteiger partial charge >= 0.3 is 6.09 Å². The van der Waals surface area contributed by atoms with Crippen molar-refractivity contribution in [1.29, 1.82) is 0 Å². The molecule has 124 valence electrons. The summed E-state index contributed by atoms with van der Waals surface area (Å²) in [6, 6.07) is -0.515. The molecule has 0 radical (unpaired) electrons. The minimum absolute atomic E-state index is 0.0865. The zero-order chi connectivity index (χ0) is 16.7. The van der Waals surface area contributed by atoms with Crippen LogP contribution in [0.5, 0.6) is 0 Å². The number of amides is 1. The van der Waals surface area contributed by atoms with E-state index < -0.39 is 17.7 Å². The molecule has 0 bridgehead atoms. The zero-order valence-corrected chi connectivity index (χ0v) is 14.5. The minimum Gasteiger partial charge on any atom is -0.444 e. The highest BCUT2D eigenvalue weighted by Crippen LogP contribution is 2.65. The molecule has 2 fully saturated rings. The maximum Gasteiger partial charge on any atom is 0.408 e. The Morgan fingerprint density at radius 3 is 2.45 bits per heavy atom. The van der Waals surface area contributed by atoms with E-state index in [1.807, 2.05) is 20.8 Å². The van der Waals surface area contributed by atoms with Crippen LogP contribution >= 0.6 is 0 Å². The molecule has 1 N–H and O–H groups in total. The minimum atomic E-state index is -0.566. The van der Waals surface area contributed by atoms with Crippen molar-refractivity contribution in [2.24, 2.45) is 17.3 Å². The molecular weight excluding hydrogens is 278 g/mol. The Morgan fingerprint density at radius 2 is 2.00 bits per heavy atom. The lowest BCUT2D eigenvalue weighted by atomic mass is 9.89. The predicted molar refractivity (Wildman–Crippen MR) is 86.5 cm³/mol. The fraction of sp³-hybridized carbons (Fsp3) is 0.778. The van der Waals surface area contributed by atoms with Crippen LogP contribution in [0.25, 0.3) is 0 Å². The van der Waals surface area contributed by atoms with Gasteiger partial charge in [0.05, 0.1) is 6.04 Å². The normalized spacial score (nSPS) is 31.1. The SMILES string of the molecule is C=C(C)C(=O)[C@H](C[C@H]1CC2CC2(C)C1)NC(=O)OC(C)(C)C. The summed E-state index contributed by atoms with van der Waals surface area (Å²) in [6.07, 6.45) is 3.82. The number of hydrogen-bond acceptors (Lipinski definition) is 3. The molecule has 4 nitrogen and oxygen atoms in total. The molecule has 2 aliphatic rings. The number of nitrogens with one attached hydrogen (secondary N) is 1. The van der Waals surface area contributed by atoms with Gasteiger partial charge in [-0.15, -0.1) is 0 Å². The third-order valence-electron chi connectivity index (χ3n) is 4.91. The van der Waals surface area contributed by atoms with Gasteiger partial charge < -0.3 is 10.1 Å². The molecule has 2 unspecified atom stereocenters. The van der Waals surface area contributed by atoms with Crippen molar-refractivity contribution in [3.05, 3.63) is 12.2 Å². The highest BCUT2D eigenvalue weighted by molar-refractivity contribution is 5.99. The monoisotopic (exact) mass is 307 g/mol. The van der Waals surface area contributed by atoms with Crippen LogP contribution < -0.4 is 5.32 Å². The van der Waals surface area contributed by atoms with Crippen LogP contribution in [0.15, 0.2) is 12.2 Å². The van der Waals surface area contributed by atoms with Gasteiger partial charge in [0, 0.05) is 0 Å². The molecule has 0 heterocycles. The topological polar surface area (TPSA) is 55.4 Å². The second-order valence-corrected chi connectivity index (χ2v) is 8.44. The number of rotatable bonds is 5. The second-order valence-electron chi connectivity index (χ2n) is 8.44. The van der Waals surface area contributed by atoms with E-state index in [1.54, 1.807) is 6.92 Å². The van der Waals surface area contributed by atoms with E-state index in [1.165, 1.54) is 12.8 Å². The quantitative estimate of drug-likeness (QED) is 0.785. The molecule has 2 rings (SSSR count). The third-order valence-corrected chi connectivity index (χ3v) is 4.91. The summed E-state index contributed by atoms with van der Waals surface area (Å²) in [6.45, 7) is 13.2. The van der Waals surface area contributed by atoms with E-state index in [2.05, 4.69) is 18.8 Å². The lowest BCUT2D eigenvalue weighted by Crippen LogP contribution is -2.44. The Balaban J connectivity index is 1.96. The molecule has 0 aliphatic heterocycles. The van der Waals surface area contributed by atoms with Crippen LogP contribution in [0.2, 0.25) is 0 Å². The Labute approximate surface area is 133 Å². The molecule has 2 saturated carbocycles. The van der Waals surface area contributed by atoms with E-state index in [9.17, 15) is 9.59 Å². The van der Waals surface area contributed by atoms with Crippen molar-refractivity contribution in [1.82, 2.24) is 5.32 Å². The van der Waals surface area contributed by atoms with Crippen molar-refractivity contribution < 1.29 is 14.3 Å². The maximum atomic E-state index is 12.3. The van der Waals surface area contributed by atoms with Crippen molar-refractivity contribution in [2.75, 3.05) is 0 Å². The van der Waals surface area contributed by atoms with Crippen LogP contribution in [0, 0.1) is 17.3 Å². The van der Waals surface area contributed by atoms with Crippen molar-refractivity contribution in [3.63, 3.8) is 0 Å². The zero-order valence-electron chi connectivity index (χ0n) is 14.5. The fourth-order valence-corrected chi connectivity index (χ4v) is 3.76. The van der Waals surface area contributed by atoms with Gasteiger partial charge in [-0.05, 0) is 76.2 Å². The highest BCUT2D eigenvalue weighted by atomic mass is 16.6. The van der Waals surface area contributed by atoms with Gasteiger partial charge in [-0.3, -0.25) is 4.79 Å². The first-order valence-electron chi connectivity index (χ1n) is 8.19. The summed E-state index contributed by atoms with van der Waals surface area (Å²) in [5, 5.41) is 2.75. The van der Waals surface area contributed by atoms with Gasteiger partial charge in [-0.1, -0.05) is 13.5 Å². The Morgan fingerprint density at radius 1 is 1.36 bits per heavy atom. The average Bonchev–Trinajstić information content (AvgIpc) is 2.83. The number of ketones is 1. The lowest BCUT2D eigenvalue weighted by molar-refractivity contribution is -0.117. The highest BCUT2D eigenvalue weighted by Gasteiger charge is 2.56. The summed E-state index contributed by atoms with van der Waals surface area (Å²) in [5.41, 5.74) is 0.409. The number of Topliss-reactive ketones (excluding diaryl/α,β-unsaturated/α-hetero) is 1. The molecule has 0 aromatic rings. The van der Waals surface area contributed by atoms with Crippen molar-refractivity contribution >= 4 is 11.9 Å². The molecule has 4 atom stereocenters. The molecular formula is C18H29NO3. The number of carbonyl (C=O) groups excluding carboxylic acids is 2. The van der Waals surface area contributed by atoms with Crippen LogP contribution in [0.3, 0.4) is 0 Å². The Bertz CT molecular complexity index is 491. The standard InChI is InChI=1S/C18H29NO3/c1-11(2)15(20)14(19-16(21)22-17(3,4)5)8-12-7-13-10-18(13,6)9-12/h12-14H,1,7-10H2,2-6H3,(H,19,21)/t12-,13?,14+,18?/m1/s1. The van der Waals surface area contributed by atoms with E-state index in [-0.39, 0.29) is 5.78 Å². The first kappa shape index (κ1) is 17.0. The third kappa shape index (κ3) is 4.11. The Kier molecular flexibility index (Phi) is 4.42. The molecule has 0 saturated heterocycles. The predicted octanol–water partition coefficient (Wildman–Crippen LogP) is 3.85. The summed E-state index contributed by atoms with van der Waals surface area (Å²) in [4.78, 5) is 24.3. The second kappa shape index (κ2) is 5.71. The molecule has 1 amide bonds. The number of alkyl carbamates (subject to hydrolysis) is 1. The number of fused-ring (bicyclic) bond motifs is 1. The molecule has 0 aromatic carbocycles. The summed E-state index contributed by atoms with van der Waals surface area (Å²) in [5.74, 6) is 1.24. The van der Waals surface area contributed by atoms with Crippen molar-refractivity contribution in [2.45, 2.75) is 71.9 Å². The van der Waals surface area contributed by atoms with Crippen molar-refractivity contribution in [3.8, 4) is 0 Å². The lowest BCUT2D eigenvalue weighted by Gasteiger charge is -2.25. The van der Waals surface area contributed by atoms with Gasteiger partial charge in [-0.2, -0.15) is 0 Å². The van der Waals surface area contributed by atoms with Gasteiger partial charge in [0.25, 0.3) is 0 Å². The number of carbonyl (C=O) groups is 2. The molecule has 0 aromatic heterocycles. The van der Waals surface area contributed by atoms with E-state index in [0.29, 0.717) is 23.3 Å². The van der Waals surface area contributed by atoms with E-state index in [4.69, 9.17) is 4.74 Å². The summed E-state index contributed by atoms with van der Waals surface area (Å²) >= 11 is 0. The fourth-order valence-electron chi connectivity index (χ4n) is 3.76. The van der Waals surface area contributed by atoms with Crippen LogP contribution in [-0.4, -0.2) is 23.5 Å².